The maximum atomic E-state index is 12.9. The number of anilines is 1. The van der Waals surface area contributed by atoms with Crippen LogP contribution in [0.25, 0.3) is 11.3 Å². The van der Waals surface area contributed by atoms with Crippen molar-refractivity contribution in [1.82, 2.24) is 33.7 Å². The molecule has 10 heterocycles. The molecule has 436 valence electrons. The van der Waals surface area contributed by atoms with E-state index in [9.17, 15) is 31.9 Å². The number of ketones is 2. The van der Waals surface area contributed by atoms with Crippen LogP contribution in [0.2, 0.25) is 0 Å². The van der Waals surface area contributed by atoms with E-state index in [4.69, 9.17) is 49.9 Å². The van der Waals surface area contributed by atoms with Crippen LogP contribution in [0, 0.1) is 41.4 Å². The molecule has 18 nitrogen and oxygen atoms in total. The number of halogens is 7. The van der Waals surface area contributed by atoms with Gasteiger partial charge in [0, 0.05) is 64.1 Å². The Balaban J connectivity index is 0.000000133. The van der Waals surface area contributed by atoms with E-state index >= 15 is 0 Å². The number of Topliss-reactive ketones (excluding diaryl/α,β-unsaturated/α-hetero) is 2. The number of amides is 1. The van der Waals surface area contributed by atoms with Gasteiger partial charge in [-0.2, -0.15) is 0 Å². The Hall–Kier alpha value is -6.12. The lowest BCUT2D eigenvalue weighted by Gasteiger charge is -2.09. The number of pyridine rings is 5. The fraction of sp³-hybridized carbons (Fsp3) is 0.439. The van der Waals surface area contributed by atoms with Gasteiger partial charge in [-0.05, 0) is 136 Å². The summed E-state index contributed by atoms with van der Waals surface area (Å²) >= 11 is 9.96. The van der Waals surface area contributed by atoms with Gasteiger partial charge in [0.05, 0.1) is 76.2 Å². The first-order chi connectivity index (χ1) is 39.5. The number of imidazole rings is 2. The second-order valence-corrected chi connectivity index (χ2v) is 22.5. The van der Waals surface area contributed by atoms with Crippen LogP contribution >= 0.6 is 47.8 Å². The highest BCUT2D eigenvalue weighted by Gasteiger charge is 2.58. The molecule has 3 saturated heterocycles. The molecule has 7 aromatic heterocycles. The Kier molecular flexibility index (Phi) is 20.0. The second kappa shape index (κ2) is 27.1. The summed E-state index contributed by atoms with van der Waals surface area (Å²) in [7, 11) is 0. The summed E-state index contributed by atoms with van der Waals surface area (Å²) in [5.41, 5.74) is 13.9. The molecule has 0 radical (unpaired) electrons. The number of aromatic nitrogens is 7. The first-order valence-electron chi connectivity index (χ1n) is 26.7. The minimum atomic E-state index is -2.71. The number of fused-ring (bicyclic) bond motifs is 5. The van der Waals surface area contributed by atoms with E-state index in [0.29, 0.717) is 113 Å². The van der Waals surface area contributed by atoms with Gasteiger partial charge >= 0.3 is 0 Å². The Morgan fingerprint density at radius 2 is 1.10 bits per heavy atom. The van der Waals surface area contributed by atoms with Crippen molar-refractivity contribution in [3.05, 3.63) is 134 Å². The Bertz CT molecular complexity index is 3380. The van der Waals surface area contributed by atoms with Crippen molar-refractivity contribution >= 4 is 82.4 Å². The molecule has 13 rings (SSSR count). The molecule has 6 unspecified atom stereocenters. The van der Waals surface area contributed by atoms with Crippen LogP contribution in [0.4, 0.5) is 23.4 Å². The van der Waals surface area contributed by atoms with Crippen LogP contribution in [0.15, 0.2) is 94.5 Å². The van der Waals surface area contributed by atoms with Crippen LogP contribution in [-0.4, -0.2) is 116 Å². The molecule has 1 amide bonds. The highest BCUT2D eigenvalue weighted by atomic mass is 79.9. The van der Waals surface area contributed by atoms with Gasteiger partial charge < -0.3 is 48.7 Å². The van der Waals surface area contributed by atoms with Gasteiger partial charge in [-0.1, -0.05) is 28.1 Å². The van der Waals surface area contributed by atoms with Gasteiger partial charge in [0.2, 0.25) is 0 Å². The Morgan fingerprint density at radius 1 is 0.634 bits per heavy atom. The van der Waals surface area contributed by atoms with Crippen LogP contribution in [0.3, 0.4) is 0 Å². The zero-order valence-corrected chi connectivity index (χ0v) is 49.6. The minimum Gasteiger partial charge on any atom is -0.490 e. The van der Waals surface area contributed by atoms with Crippen LogP contribution in [-0.2, 0) is 25.4 Å². The monoisotopic (exact) mass is 1330 g/mol. The Morgan fingerprint density at radius 3 is 1.60 bits per heavy atom. The van der Waals surface area contributed by atoms with Crippen LogP contribution in [0.5, 0.6) is 17.2 Å². The largest absolute Gasteiger partial charge is 0.490 e. The van der Waals surface area contributed by atoms with Gasteiger partial charge in [0.1, 0.15) is 28.6 Å². The normalized spacial score (nSPS) is 22.9. The third-order valence-corrected chi connectivity index (χ3v) is 16.2. The predicted molar refractivity (Wildman–Crippen MR) is 304 cm³/mol. The maximum Gasteiger partial charge on any atom is 0.280 e. The lowest BCUT2D eigenvalue weighted by Crippen LogP contribution is -2.13. The van der Waals surface area contributed by atoms with E-state index in [1.54, 1.807) is 18.3 Å². The number of ether oxygens (including phenoxy) is 6. The molecule has 3 saturated carbocycles. The van der Waals surface area contributed by atoms with Gasteiger partial charge in [-0.25, -0.2) is 42.5 Å². The summed E-state index contributed by atoms with van der Waals surface area (Å²) in [6.45, 7) is 12.5. The summed E-state index contributed by atoms with van der Waals surface area (Å²) in [5, 5.41) is 0.519. The molecule has 6 fully saturated rings. The van der Waals surface area contributed by atoms with Gasteiger partial charge in [0.25, 0.3) is 18.8 Å². The SMILES string of the molecule is CCOc1cc(Br)cn2cc(C3C4COC[C@H]43)nc12.CCOc1cc(Br)cnc1N.CCOc1cc(CC(=O)c2cccc(C(F)F)n2)cn2cc(C3C4COC[C@H]43)nc12.NC(=O)c1cccc(C(F)F)n1.O=C(CBr)C1C2COC[C@H]21. The Labute approximate surface area is 494 Å². The number of rotatable bonds is 16. The predicted octanol–water partition coefficient (Wildman–Crippen LogP) is 10.5. The van der Waals surface area contributed by atoms with Crippen molar-refractivity contribution < 1.29 is 60.4 Å². The molecule has 0 aromatic carbocycles. The molecule has 9 atom stereocenters. The molecule has 4 N–H and O–H groups in total. The number of hydrogen-bond acceptors (Lipinski definition) is 15. The van der Waals surface area contributed by atoms with Gasteiger partial charge in [-0.15, -0.1) is 0 Å². The van der Waals surface area contributed by atoms with Crippen molar-refractivity contribution in [2.24, 2.45) is 47.2 Å². The van der Waals surface area contributed by atoms with E-state index in [1.807, 2.05) is 49.8 Å². The second-order valence-electron chi connectivity index (χ2n) is 20.1. The average Bonchev–Trinajstić information content (AvgIpc) is 3.80. The standard InChI is InChI=1S/C22H21F2N3O3.C14H15BrN2O2.C7H9BrN2O.C7H9BrO2.C7H6F2N2O/c1-2-30-19-7-12(6-18(28)15-4-3-5-16(25-15)21(23)24)8-27-9-17(26-22(19)27)20-13-10-29-11-14(13)20;1-2-19-12-3-8(15)4-17-5-11(16-14(12)17)13-9-6-18-7-10(9)13;1-2-11-6-3-5(8)4-10-7(6)9;8-1-6(9)7-4-2-10-3-5(4)7;8-6(9)4-2-1-3-5(11-4)7(10)12/h3-5,7-9,13-14,20-21H,2,6,10-11H2,1H3;3-5,9-10,13H,2,6-7H2,1H3;3-4H,2H2,1H3,(H2,9,10);4-5,7H,1-3H2;1-3,6H,(H2,10,12)/t13-,14?,20?;9-,10?,13?;;4-,5?,7?;/m11.1./s1. The lowest BCUT2D eigenvalue weighted by atomic mass is 10.1. The van der Waals surface area contributed by atoms with Gasteiger partial charge in [-0.3, -0.25) is 14.4 Å². The number of nitrogens with zero attached hydrogens (tertiary/aromatic N) is 7. The summed E-state index contributed by atoms with van der Waals surface area (Å²) in [6, 6.07) is 13.4. The molecule has 6 aliphatic rings. The van der Waals surface area contributed by atoms with Crippen molar-refractivity contribution in [2.75, 3.05) is 70.5 Å². The molecule has 82 heavy (non-hydrogen) atoms. The number of carbonyl (C=O) groups is 3. The lowest BCUT2D eigenvalue weighted by molar-refractivity contribution is -0.118. The quantitative estimate of drug-likeness (QED) is 0.0520. The number of carbonyl (C=O) groups excluding carboxylic acids is 3. The summed E-state index contributed by atoms with van der Waals surface area (Å²) in [4.78, 5) is 54.9. The summed E-state index contributed by atoms with van der Waals surface area (Å²) in [6.07, 6.45) is 4.28. The van der Waals surface area contributed by atoms with E-state index in [0.717, 1.165) is 71.7 Å². The van der Waals surface area contributed by atoms with Crippen molar-refractivity contribution in [2.45, 2.75) is 51.9 Å². The fourth-order valence-electron chi connectivity index (χ4n) is 10.7. The molecule has 7 aromatic rings. The molecule has 3 aliphatic heterocycles. The molecular weight excluding hydrogens is 1270 g/mol. The number of primary amides is 1. The van der Waals surface area contributed by atoms with Crippen molar-refractivity contribution in [3.63, 3.8) is 0 Å². The first-order valence-corrected chi connectivity index (χ1v) is 29.4. The smallest absolute Gasteiger partial charge is 0.280 e. The molecule has 0 bridgehead atoms. The first kappa shape index (κ1) is 60.5. The van der Waals surface area contributed by atoms with Crippen molar-refractivity contribution in [1.29, 1.82) is 0 Å². The van der Waals surface area contributed by atoms with Gasteiger partial charge in [0.15, 0.2) is 40.1 Å². The third-order valence-electron chi connectivity index (χ3n) is 14.8. The number of alkyl halides is 5. The zero-order chi connectivity index (χ0) is 58.4. The third kappa shape index (κ3) is 14.3. The highest BCUT2D eigenvalue weighted by Crippen LogP contribution is 2.58. The minimum absolute atomic E-state index is 0.0305. The molecule has 25 heteroatoms. The molecule has 3 aliphatic carbocycles. The highest BCUT2D eigenvalue weighted by molar-refractivity contribution is 9.10. The molecule has 0 spiro atoms. The fourth-order valence-corrected chi connectivity index (χ4v) is 11.8. The number of nitrogen functional groups attached to an aromatic ring is 1. The van der Waals surface area contributed by atoms with E-state index in [1.165, 1.54) is 36.0 Å². The topological polar surface area (TPSA) is 232 Å². The summed E-state index contributed by atoms with van der Waals surface area (Å²) in [5.74, 6) is 6.66. The zero-order valence-electron chi connectivity index (χ0n) is 44.8. The van der Waals surface area contributed by atoms with E-state index in [2.05, 4.69) is 73.3 Å². The summed E-state index contributed by atoms with van der Waals surface area (Å²) < 4.78 is 88.3. The van der Waals surface area contributed by atoms with Crippen LogP contribution < -0.4 is 25.7 Å². The van der Waals surface area contributed by atoms with E-state index < -0.39 is 30.1 Å². The maximum absolute atomic E-state index is 12.9. The number of nitrogens with two attached hydrogens (primary N) is 2. The van der Waals surface area contributed by atoms with Crippen LogP contribution in [0.1, 0.15) is 94.8 Å². The average molecular weight is 1330 g/mol. The number of hydrogen-bond donors (Lipinski definition) is 2. The van der Waals surface area contributed by atoms with Crippen molar-refractivity contribution in [3.8, 4) is 17.2 Å². The molecular formula is C57H60Br3F4N9O9. The van der Waals surface area contributed by atoms with E-state index in [-0.39, 0.29) is 23.6 Å².